The third kappa shape index (κ3) is 5.61. The maximum atomic E-state index is 12.7. The summed E-state index contributed by atoms with van der Waals surface area (Å²) in [6.45, 7) is 7.86. The molecule has 0 unspecified atom stereocenters. The molecule has 0 spiro atoms. The summed E-state index contributed by atoms with van der Waals surface area (Å²) in [5.41, 5.74) is 1.72. The van der Waals surface area contributed by atoms with Crippen molar-refractivity contribution in [1.29, 1.82) is 0 Å². The Morgan fingerprint density at radius 2 is 1.82 bits per heavy atom. The van der Waals surface area contributed by atoms with Crippen molar-refractivity contribution < 1.29 is 9.59 Å². The quantitative estimate of drug-likeness (QED) is 0.815. The standard InChI is InChI=1S/C21H31ClN4O2/c1-2-24-11-13-25(14-12-24)19-9-8-17(22)15-18(19)23-20(27)16-26-10-6-4-3-5-7-21(26)28/h8-9,15H,2-7,10-14,16H2,1H3,(H,23,27). The van der Waals surface area contributed by atoms with Gasteiger partial charge in [0, 0.05) is 44.2 Å². The average Bonchev–Trinajstić information content (AvgIpc) is 2.68. The molecule has 1 aromatic carbocycles. The van der Waals surface area contributed by atoms with Gasteiger partial charge in [-0.1, -0.05) is 31.4 Å². The van der Waals surface area contributed by atoms with Gasteiger partial charge in [0.05, 0.1) is 17.9 Å². The number of likely N-dealkylation sites (tertiary alicyclic amines) is 1. The van der Waals surface area contributed by atoms with Gasteiger partial charge in [0.15, 0.2) is 0 Å². The van der Waals surface area contributed by atoms with Gasteiger partial charge in [0.2, 0.25) is 11.8 Å². The summed E-state index contributed by atoms with van der Waals surface area (Å²) in [5.74, 6) is -0.0820. The van der Waals surface area contributed by atoms with Crippen LogP contribution in [0.15, 0.2) is 18.2 Å². The summed E-state index contributed by atoms with van der Waals surface area (Å²) in [4.78, 5) is 31.4. The van der Waals surface area contributed by atoms with Gasteiger partial charge in [-0.15, -0.1) is 0 Å². The van der Waals surface area contributed by atoms with Crippen LogP contribution in [0, 0.1) is 0 Å². The van der Waals surface area contributed by atoms with Crippen molar-refractivity contribution >= 4 is 34.8 Å². The topological polar surface area (TPSA) is 55.9 Å². The van der Waals surface area contributed by atoms with Crippen LogP contribution in [0.25, 0.3) is 0 Å². The fourth-order valence-electron chi connectivity index (χ4n) is 3.93. The minimum absolute atomic E-state index is 0.0804. The van der Waals surface area contributed by atoms with E-state index in [2.05, 4.69) is 22.0 Å². The number of carbonyl (C=O) groups is 2. The van der Waals surface area contributed by atoms with Crippen LogP contribution in [0.5, 0.6) is 0 Å². The molecular weight excluding hydrogens is 376 g/mol. The Morgan fingerprint density at radius 3 is 2.57 bits per heavy atom. The first kappa shape index (κ1) is 20.9. The lowest BCUT2D eigenvalue weighted by Crippen LogP contribution is -2.46. The number of hydrogen-bond acceptors (Lipinski definition) is 4. The van der Waals surface area contributed by atoms with Crippen LogP contribution in [0.4, 0.5) is 11.4 Å². The zero-order valence-electron chi connectivity index (χ0n) is 16.8. The zero-order chi connectivity index (χ0) is 19.9. The number of piperazine rings is 1. The van der Waals surface area contributed by atoms with E-state index in [0.717, 1.165) is 69.8 Å². The third-order valence-electron chi connectivity index (χ3n) is 5.65. The summed E-state index contributed by atoms with van der Waals surface area (Å²) in [6.07, 6.45) is 4.64. The van der Waals surface area contributed by atoms with Crippen LogP contribution in [-0.4, -0.2) is 67.4 Å². The van der Waals surface area contributed by atoms with Crippen LogP contribution < -0.4 is 10.2 Å². The normalized spacial score (nSPS) is 19.3. The molecule has 7 heteroatoms. The van der Waals surface area contributed by atoms with Crippen LogP contribution in [0.1, 0.15) is 39.0 Å². The molecule has 0 radical (unpaired) electrons. The summed E-state index contributed by atoms with van der Waals surface area (Å²) >= 11 is 6.20. The van der Waals surface area contributed by atoms with Crippen molar-refractivity contribution in [2.45, 2.75) is 39.0 Å². The summed E-state index contributed by atoms with van der Waals surface area (Å²) in [7, 11) is 0. The molecule has 6 nitrogen and oxygen atoms in total. The number of nitrogens with one attached hydrogen (secondary N) is 1. The second kappa shape index (κ2) is 10.1. The molecule has 1 N–H and O–H groups in total. The molecule has 2 amide bonds. The number of hydrogen-bond donors (Lipinski definition) is 1. The molecule has 0 atom stereocenters. The highest BCUT2D eigenvalue weighted by Crippen LogP contribution is 2.30. The highest BCUT2D eigenvalue weighted by molar-refractivity contribution is 6.31. The van der Waals surface area contributed by atoms with Crippen LogP contribution in [-0.2, 0) is 9.59 Å². The van der Waals surface area contributed by atoms with Crippen LogP contribution in [0.3, 0.4) is 0 Å². The largest absolute Gasteiger partial charge is 0.367 e. The Kier molecular flexibility index (Phi) is 7.57. The van der Waals surface area contributed by atoms with E-state index in [4.69, 9.17) is 11.6 Å². The van der Waals surface area contributed by atoms with E-state index in [1.54, 1.807) is 11.0 Å². The predicted octanol–water partition coefficient (Wildman–Crippen LogP) is 3.21. The van der Waals surface area contributed by atoms with Gasteiger partial charge in [0.25, 0.3) is 0 Å². The Labute approximate surface area is 172 Å². The fourth-order valence-corrected chi connectivity index (χ4v) is 4.11. The highest BCUT2D eigenvalue weighted by atomic mass is 35.5. The summed E-state index contributed by atoms with van der Waals surface area (Å²) in [6, 6.07) is 5.64. The molecule has 0 saturated carbocycles. The van der Waals surface area contributed by atoms with E-state index in [0.29, 0.717) is 18.0 Å². The summed E-state index contributed by atoms with van der Waals surface area (Å²) < 4.78 is 0. The number of nitrogens with zero attached hydrogens (tertiary/aromatic N) is 3. The first-order valence-corrected chi connectivity index (χ1v) is 10.8. The molecule has 0 aromatic heterocycles. The Hall–Kier alpha value is -1.79. The molecule has 2 aliphatic rings. The minimum atomic E-state index is -0.162. The van der Waals surface area contributed by atoms with E-state index in [-0.39, 0.29) is 18.4 Å². The van der Waals surface area contributed by atoms with Gasteiger partial charge < -0.3 is 20.0 Å². The molecule has 2 saturated heterocycles. The van der Waals surface area contributed by atoms with E-state index in [9.17, 15) is 9.59 Å². The molecular formula is C21H31ClN4O2. The van der Waals surface area contributed by atoms with Crippen LogP contribution >= 0.6 is 11.6 Å². The lowest BCUT2D eigenvalue weighted by atomic mass is 10.1. The highest BCUT2D eigenvalue weighted by Gasteiger charge is 2.22. The number of carbonyl (C=O) groups excluding carboxylic acids is 2. The Bertz CT molecular complexity index is 689. The zero-order valence-corrected chi connectivity index (χ0v) is 17.5. The molecule has 28 heavy (non-hydrogen) atoms. The number of benzene rings is 1. The van der Waals surface area contributed by atoms with Gasteiger partial charge in [-0.3, -0.25) is 9.59 Å². The molecule has 1 aromatic rings. The monoisotopic (exact) mass is 406 g/mol. The van der Waals surface area contributed by atoms with Gasteiger partial charge in [0.1, 0.15) is 0 Å². The van der Waals surface area contributed by atoms with Crippen molar-refractivity contribution in [2.75, 3.05) is 56.0 Å². The smallest absolute Gasteiger partial charge is 0.244 e. The van der Waals surface area contributed by atoms with Crippen LogP contribution in [0.2, 0.25) is 5.02 Å². The number of likely N-dealkylation sites (N-methyl/N-ethyl adjacent to an activating group) is 1. The predicted molar refractivity (Wildman–Crippen MR) is 114 cm³/mol. The van der Waals surface area contributed by atoms with E-state index in [1.165, 1.54) is 0 Å². The summed E-state index contributed by atoms with van der Waals surface area (Å²) in [5, 5.41) is 3.60. The van der Waals surface area contributed by atoms with Gasteiger partial charge in [-0.05, 0) is 37.6 Å². The van der Waals surface area contributed by atoms with Crippen molar-refractivity contribution in [2.24, 2.45) is 0 Å². The molecule has 3 rings (SSSR count). The van der Waals surface area contributed by atoms with E-state index >= 15 is 0 Å². The molecule has 2 heterocycles. The second-order valence-corrected chi connectivity index (χ2v) is 8.05. The fraction of sp³-hybridized carbons (Fsp3) is 0.619. The van der Waals surface area contributed by atoms with Gasteiger partial charge >= 0.3 is 0 Å². The molecule has 0 bridgehead atoms. The van der Waals surface area contributed by atoms with Crippen molar-refractivity contribution in [1.82, 2.24) is 9.80 Å². The third-order valence-corrected chi connectivity index (χ3v) is 5.88. The minimum Gasteiger partial charge on any atom is -0.367 e. The van der Waals surface area contributed by atoms with E-state index < -0.39 is 0 Å². The number of rotatable bonds is 5. The SMILES string of the molecule is CCN1CCN(c2ccc(Cl)cc2NC(=O)CN2CCCCCCC2=O)CC1. The Balaban J connectivity index is 1.66. The average molecular weight is 407 g/mol. The second-order valence-electron chi connectivity index (χ2n) is 7.61. The maximum Gasteiger partial charge on any atom is 0.244 e. The van der Waals surface area contributed by atoms with Crippen molar-refractivity contribution in [3.63, 3.8) is 0 Å². The first-order valence-electron chi connectivity index (χ1n) is 10.4. The number of anilines is 2. The van der Waals surface area contributed by atoms with E-state index in [1.807, 2.05) is 12.1 Å². The molecule has 2 fully saturated rings. The molecule has 0 aliphatic carbocycles. The van der Waals surface area contributed by atoms with Gasteiger partial charge in [-0.25, -0.2) is 0 Å². The molecule has 154 valence electrons. The van der Waals surface area contributed by atoms with Crippen molar-refractivity contribution in [3.05, 3.63) is 23.2 Å². The molecule has 2 aliphatic heterocycles. The Morgan fingerprint density at radius 1 is 1.07 bits per heavy atom. The maximum absolute atomic E-state index is 12.7. The van der Waals surface area contributed by atoms with Crippen molar-refractivity contribution in [3.8, 4) is 0 Å². The lowest BCUT2D eigenvalue weighted by Gasteiger charge is -2.36. The number of halogens is 1. The first-order chi connectivity index (χ1) is 13.6. The number of amides is 2. The lowest BCUT2D eigenvalue weighted by molar-refractivity contribution is -0.135. The van der Waals surface area contributed by atoms with Gasteiger partial charge in [-0.2, -0.15) is 0 Å².